The molecule has 0 atom stereocenters. The Morgan fingerprint density at radius 2 is 1.72 bits per heavy atom. The molecular weight excluding hydrogens is 364 g/mol. The number of rotatable bonds is 2. The first-order valence-electron chi connectivity index (χ1n) is 10.9. The van der Waals surface area contributed by atoms with Crippen LogP contribution in [-0.2, 0) is 14.3 Å². The van der Waals surface area contributed by atoms with Crippen LogP contribution in [0.5, 0.6) is 0 Å². The van der Waals surface area contributed by atoms with Gasteiger partial charge in [-0.05, 0) is 69.6 Å². The third-order valence-corrected chi connectivity index (χ3v) is 7.20. The summed E-state index contributed by atoms with van der Waals surface area (Å²) in [6, 6.07) is 6.39. The van der Waals surface area contributed by atoms with Crippen molar-refractivity contribution in [1.82, 2.24) is 4.90 Å². The molecule has 0 N–H and O–H groups in total. The number of hydrogen-bond donors (Lipinski definition) is 0. The van der Waals surface area contributed by atoms with Gasteiger partial charge in [0, 0.05) is 37.4 Å². The molecule has 0 aromatic heterocycles. The molecule has 1 saturated carbocycles. The Labute approximate surface area is 173 Å². The maximum Gasteiger partial charge on any atom is 0.335 e. The summed E-state index contributed by atoms with van der Waals surface area (Å²) in [7, 11) is 0. The van der Waals surface area contributed by atoms with E-state index < -0.39 is 5.60 Å². The van der Waals surface area contributed by atoms with Crippen LogP contribution in [-0.4, -0.2) is 48.6 Å². The van der Waals surface area contributed by atoms with Gasteiger partial charge < -0.3 is 14.5 Å². The molecule has 4 rings (SSSR count). The number of aryl methyl sites for hydroxylation is 1. The van der Waals surface area contributed by atoms with E-state index >= 15 is 0 Å². The molecule has 5 nitrogen and oxygen atoms in total. The van der Waals surface area contributed by atoms with E-state index in [4.69, 9.17) is 4.74 Å². The van der Waals surface area contributed by atoms with Gasteiger partial charge >= 0.3 is 5.97 Å². The average Bonchev–Trinajstić information content (AvgIpc) is 2.96. The van der Waals surface area contributed by atoms with Crippen molar-refractivity contribution in [1.29, 1.82) is 0 Å². The van der Waals surface area contributed by atoms with Gasteiger partial charge in [-0.25, -0.2) is 4.79 Å². The van der Waals surface area contributed by atoms with E-state index in [9.17, 15) is 9.59 Å². The first kappa shape index (κ1) is 20.0. The minimum Gasteiger partial charge on any atom is -0.451 e. The second-order valence-electron chi connectivity index (χ2n) is 9.06. The molecule has 0 bridgehead atoms. The normalized spacial score (nSPS) is 27.6. The van der Waals surface area contributed by atoms with Gasteiger partial charge in [0.15, 0.2) is 0 Å². The van der Waals surface area contributed by atoms with Crippen LogP contribution in [0.25, 0.3) is 0 Å². The van der Waals surface area contributed by atoms with E-state index in [2.05, 4.69) is 43.9 Å². The van der Waals surface area contributed by atoms with E-state index in [0.29, 0.717) is 30.2 Å². The fraction of sp³-hybridized carbons (Fsp3) is 0.583. The summed E-state index contributed by atoms with van der Waals surface area (Å²) in [6.45, 7) is 11.2. The maximum atomic E-state index is 13.5. The molecule has 2 fully saturated rings. The maximum absolute atomic E-state index is 13.5. The summed E-state index contributed by atoms with van der Waals surface area (Å²) in [5.74, 6) is 0.318. The Morgan fingerprint density at radius 1 is 1.07 bits per heavy atom. The zero-order chi connectivity index (χ0) is 20.8. The van der Waals surface area contributed by atoms with Gasteiger partial charge in [0.05, 0.1) is 5.57 Å². The van der Waals surface area contributed by atoms with E-state index in [0.717, 1.165) is 38.8 Å². The van der Waals surface area contributed by atoms with Gasteiger partial charge in [-0.15, -0.1) is 0 Å². The lowest BCUT2D eigenvalue weighted by atomic mass is 9.74. The number of benzene rings is 1. The number of ether oxygens (including phenoxy) is 1. The van der Waals surface area contributed by atoms with Crippen LogP contribution in [0, 0.1) is 19.8 Å². The molecule has 2 heterocycles. The molecule has 156 valence electrons. The highest BCUT2D eigenvalue weighted by molar-refractivity contribution is 6.07. The number of anilines is 1. The second kappa shape index (κ2) is 7.51. The summed E-state index contributed by atoms with van der Waals surface area (Å²) in [4.78, 5) is 30.1. The highest BCUT2D eigenvalue weighted by atomic mass is 16.6. The number of carbonyl (C=O) groups is 2. The Hall–Kier alpha value is -2.30. The minimum atomic E-state index is -0.685. The minimum absolute atomic E-state index is 0.00326. The highest BCUT2D eigenvalue weighted by Gasteiger charge is 2.51. The summed E-state index contributed by atoms with van der Waals surface area (Å²) in [5, 5.41) is 0. The number of amides is 1. The van der Waals surface area contributed by atoms with E-state index in [1.807, 2.05) is 4.90 Å². The fourth-order valence-corrected chi connectivity index (χ4v) is 5.07. The fourth-order valence-electron chi connectivity index (χ4n) is 5.07. The molecule has 0 radical (unpaired) electrons. The average molecular weight is 397 g/mol. The molecule has 1 amide bonds. The van der Waals surface area contributed by atoms with Crippen molar-refractivity contribution < 1.29 is 14.3 Å². The van der Waals surface area contributed by atoms with Crippen LogP contribution < -0.4 is 4.90 Å². The monoisotopic (exact) mass is 396 g/mol. The lowest BCUT2D eigenvalue weighted by Crippen LogP contribution is -2.51. The number of hydrogen-bond acceptors (Lipinski definition) is 4. The number of esters is 1. The Kier molecular flexibility index (Phi) is 5.18. The molecule has 0 unspecified atom stereocenters. The summed E-state index contributed by atoms with van der Waals surface area (Å²) < 4.78 is 5.82. The van der Waals surface area contributed by atoms with Gasteiger partial charge in [0.25, 0.3) is 5.91 Å². The molecule has 1 aliphatic carbocycles. The lowest BCUT2D eigenvalue weighted by Gasteiger charge is -2.40. The molecule has 3 aliphatic rings. The summed E-state index contributed by atoms with van der Waals surface area (Å²) in [5.41, 5.74) is 4.31. The Bertz CT molecular complexity index is 857. The molecule has 1 aromatic rings. The summed E-state index contributed by atoms with van der Waals surface area (Å²) in [6.07, 6.45) is 3.52. The first-order chi connectivity index (χ1) is 13.8. The Balaban J connectivity index is 1.50. The van der Waals surface area contributed by atoms with Gasteiger partial charge in [0.2, 0.25) is 0 Å². The standard InChI is InChI=1S/C24H32N2O3/c1-16-8-10-24(11-9-16)21(19(4)23(28)29-24)22(27)26-14-12-25(13-15-26)20-7-5-6-17(2)18(20)3/h5-7,16H,8-15H2,1-4H3. The highest BCUT2D eigenvalue weighted by Crippen LogP contribution is 2.46. The van der Waals surface area contributed by atoms with Crippen molar-refractivity contribution in [3.63, 3.8) is 0 Å². The number of carbonyl (C=O) groups excluding carboxylic acids is 2. The molecule has 5 heteroatoms. The molecule has 1 saturated heterocycles. The van der Waals surface area contributed by atoms with Crippen molar-refractivity contribution in [3.8, 4) is 0 Å². The number of nitrogens with zero attached hydrogens (tertiary/aromatic N) is 2. The van der Waals surface area contributed by atoms with Crippen molar-refractivity contribution in [2.24, 2.45) is 5.92 Å². The van der Waals surface area contributed by atoms with E-state index in [1.165, 1.54) is 16.8 Å². The van der Waals surface area contributed by atoms with Crippen LogP contribution >= 0.6 is 0 Å². The third-order valence-electron chi connectivity index (χ3n) is 7.20. The van der Waals surface area contributed by atoms with Crippen LogP contribution in [0.4, 0.5) is 5.69 Å². The predicted molar refractivity (Wildman–Crippen MR) is 114 cm³/mol. The largest absolute Gasteiger partial charge is 0.451 e. The zero-order valence-corrected chi connectivity index (χ0v) is 18.1. The molecule has 29 heavy (non-hydrogen) atoms. The van der Waals surface area contributed by atoms with Crippen molar-refractivity contribution in [2.45, 2.75) is 59.0 Å². The second-order valence-corrected chi connectivity index (χ2v) is 9.06. The van der Waals surface area contributed by atoms with Gasteiger partial charge in [-0.2, -0.15) is 0 Å². The van der Waals surface area contributed by atoms with Crippen molar-refractivity contribution >= 4 is 17.6 Å². The molecule has 1 spiro atoms. The molecular formula is C24H32N2O3. The zero-order valence-electron chi connectivity index (χ0n) is 18.1. The third kappa shape index (κ3) is 3.45. The summed E-state index contributed by atoms with van der Waals surface area (Å²) >= 11 is 0. The lowest BCUT2D eigenvalue weighted by molar-refractivity contribution is -0.150. The van der Waals surface area contributed by atoms with Crippen LogP contribution in [0.3, 0.4) is 0 Å². The Morgan fingerprint density at radius 3 is 2.38 bits per heavy atom. The van der Waals surface area contributed by atoms with E-state index in [-0.39, 0.29) is 11.9 Å². The van der Waals surface area contributed by atoms with Crippen molar-refractivity contribution in [2.75, 3.05) is 31.1 Å². The smallest absolute Gasteiger partial charge is 0.335 e. The molecule has 2 aliphatic heterocycles. The number of piperazine rings is 1. The van der Waals surface area contributed by atoms with Gasteiger partial charge in [-0.1, -0.05) is 19.1 Å². The quantitative estimate of drug-likeness (QED) is 0.714. The van der Waals surface area contributed by atoms with Gasteiger partial charge in [-0.3, -0.25) is 4.79 Å². The van der Waals surface area contributed by atoms with Crippen LogP contribution in [0.15, 0.2) is 29.3 Å². The molecule has 1 aromatic carbocycles. The topological polar surface area (TPSA) is 49.9 Å². The first-order valence-corrected chi connectivity index (χ1v) is 10.9. The van der Waals surface area contributed by atoms with Crippen LogP contribution in [0.1, 0.15) is 50.7 Å². The van der Waals surface area contributed by atoms with Crippen molar-refractivity contribution in [3.05, 3.63) is 40.5 Å². The SMILES string of the molecule is CC1=C(C(=O)N2CCN(c3cccc(C)c3C)CC2)C2(CCC(C)CC2)OC1=O. The van der Waals surface area contributed by atoms with Crippen LogP contribution in [0.2, 0.25) is 0 Å². The van der Waals surface area contributed by atoms with E-state index in [1.54, 1.807) is 6.92 Å². The predicted octanol–water partition coefficient (Wildman–Crippen LogP) is 3.77. The van der Waals surface area contributed by atoms with Gasteiger partial charge in [0.1, 0.15) is 5.60 Å².